The number of oxazole rings is 1. The predicted octanol–water partition coefficient (Wildman–Crippen LogP) is 4.94. The Kier molecular flexibility index (Phi) is 9.46. The molecule has 0 bridgehead atoms. The fourth-order valence-corrected chi connectivity index (χ4v) is 2.72. The molecule has 0 saturated heterocycles. The number of halogens is 1. The molecule has 2 N–H and O–H groups in total. The van der Waals surface area contributed by atoms with Gasteiger partial charge in [-0.3, -0.25) is 0 Å². The lowest BCUT2D eigenvalue weighted by Crippen LogP contribution is -2.30. The van der Waals surface area contributed by atoms with Crippen molar-refractivity contribution in [2.75, 3.05) is 25.6 Å². The third kappa shape index (κ3) is 6.38. The molecule has 0 amide bonds. The van der Waals surface area contributed by atoms with Gasteiger partial charge in [0.05, 0.1) is 20.3 Å². The van der Waals surface area contributed by atoms with Crippen LogP contribution >= 0.6 is 24.0 Å². The molecule has 0 aliphatic heterocycles. The smallest absolute Gasteiger partial charge is 0.226 e. The molecular weight excluding hydrogens is 495 g/mol. The zero-order valence-electron chi connectivity index (χ0n) is 17.3. The maximum absolute atomic E-state index is 5.58. The van der Waals surface area contributed by atoms with Crippen LogP contribution in [0.15, 0.2) is 64.2 Å². The average Bonchev–Trinajstić information content (AvgIpc) is 3.23. The monoisotopic (exact) mass is 522 g/mol. The standard InChI is InChI=1S/C22H26N4O3.HI/c1-4-23-22(26-17-11-12-19(28-5-2)20(13-17)27-3)24-14-18-15-29-21(25-18)16-9-7-6-8-10-16;/h6-13,15H,4-5,14H2,1-3H3,(H2,23,24,26);1H. The predicted molar refractivity (Wildman–Crippen MR) is 130 cm³/mol. The highest BCUT2D eigenvalue weighted by Crippen LogP contribution is 2.30. The van der Waals surface area contributed by atoms with E-state index in [-0.39, 0.29) is 24.0 Å². The lowest BCUT2D eigenvalue weighted by molar-refractivity contribution is 0.311. The second kappa shape index (κ2) is 12.1. The summed E-state index contributed by atoms with van der Waals surface area (Å²) in [6.07, 6.45) is 1.63. The van der Waals surface area contributed by atoms with Crippen LogP contribution in [0.3, 0.4) is 0 Å². The van der Waals surface area contributed by atoms with Gasteiger partial charge in [-0.2, -0.15) is 0 Å². The molecule has 0 spiro atoms. The van der Waals surface area contributed by atoms with Crippen LogP contribution in [0, 0.1) is 0 Å². The number of anilines is 1. The Balaban J connectivity index is 0.00000320. The SMILES string of the molecule is CCNC(=NCc1coc(-c2ccccc2)n1)Nc1ccc(OCC)c(OC)c1.I. The van der Waals surface area contributed by atoms with Crippen molar-refractivity contribution in [3.05, 3.63) is 60.5 Å². The van der Waals surface area contributed by atoms with Gasteiger partial charge in [-0.25, -0.2) is 9.98 Å². The minimum Gasteiger partial charge on any atom is -0.493 e. The minimum absolute atomic E-state index is 0. The molecule has 30 heavy (non-hydrogen) atoms. The summed E-state index contributed by atoms with van der Waals surface area (Å²) in [6.45, 7) is 5.65. The van der Waals surface area contributed by atoms with Crippen LogP contribution < -0.4 is 20.1 Å². The summed E-state index contributed by atoms with van der Waals surface area (Å²) in [6, 6.07) is 15.5. The first kappa shape index (κ1) is 23.5. The van der Waals surface area contributed by atoms with Gasteiger partial charge in [-0.1, -0.05) is 18.2 Å². The van der Waals surface area contributed by atoms with E-state index < -0.39 is 0 Å². The van der Waals surface area contributed by atoms with Crippen LogP contribution in [0.5, 0.6) is 11.5 Å². The summed E-state index contributed by atoms with van der Waals surface area (Å²) in [5.74, 6) is 2.60. The van der Waals surface area contributed by atoms with Gasteiger partial charge in [0.2, 0.25) is 5.89 Å². The maximum Gasteiger partial charge on any atom is 0.226 e. The first-order chi connectivity index (χ1) is 14.2. The van der Waals surface area contributed by atoms with Crippen LogP contribution in [-0.4, -0.2) is 31.2 Å². The van der Waals surface area contributed by atoms with Crippen molar-refractivity contribution in [1.29, 1.82) is 0 Å². The zero-order valence-corrected chi connectivity index (χ0v) is 19.7. The lowest BCUT2D eigenvalue weighted by Gasteiger charge is -2.14. The molecule has 0 saturated carbocycles. The normalized spacial score (nSPS) is 10.8. The van der Waals surface area contributed by atoms with Gasteiger partial charge in [0.25, 0.3) is 0 Å². The van der Waals surface area contributed by atoms with Crippen molar-refractivity contribution in [2.45, 2.75) is 20.4 Å². The Morgan fingerprint density at radius 3 is 2.60 bits per heavy atom. The molecule has 0 fully saturated rings. The summed E-state index contributed by atoms with van der Waals surface area (Å²) in [7, 11) is 1.62. The average molecular weight is 522 g/mol. The quantitative estimate of drug-likeness (QED) is 0.248. The van der Waals surface area contributed by atoms with Gasteiger partial charge in [-0.05, 0) is 38.1 Å². The highest BCUT2D eigenvalue weighted by atomic mass is 127. The summed E-state index contributed by atoms with van der Waals surface area (Å²) < 4.78 is 16.5. The van der Waals surface area contributed by atoms with Gasteiger partial charge in [-0.15, -0.1) is 24.0 Å². The zero-order chi connectivity index (χ0) is 20.5. The molecule has 0 unspecified atom stereocenters. The van der Waals surface area contributed by atoms with Gasteiger partial charge in [0.15, 0.2) is 17.5 Å². The second-order valence-corrected chi connectivity index (χ2v) is 6.13. The maximum atomic E-state index is 5.58. The second-order valence-electron chi connectivity index (χ2n) is 6.13. The first-order valence-corrected chi connectivity index (χ1v) is 9.59. The van der Waals surface area contributed by atoms with Crippen LogP contribution in [0.4, 0.5) is 5.69 Å². The Labute approximate surface area is 193 Å². The van der Waals surface area contributed by atoms with E-state index in [0.717, 1.165) is 23.5 Å². The van der Waals surface area contributed by atoms with E-state index in [4.69, 9.17) is 13.9 Å². The fraction of sp³-hybridized carbons (Fsp3) is 0.273. The summed E-state index contributed by atoms with van der Waals surface area (Å²) in [4.78, 5) is 9.11. The molecular formula is C22H27IN4O3. The minimum atomic E-state index is 0. The molecule has 0 aliphatic rings. The number of benzene rings is 2. The number of aliphatic imine (C=N–C) groups is 1. The van der Waals surface area contributed by atoms with Gasteiger partial charge in [0.1, 0.15) is 12.0 Å². The molecule has 0 atom stereocenters. The van der Waals surface area contributed by atoms with Gasteiger partial charge >= 0.3 is 0 Å². The molecule has 3 aromatic rings. The molecule has 3 rings (SSSR count). The van der Waals surface area contributed by atoms with E-state index in [9.17, 15) is 0 Å². The molecule has 1 aromatic heterocycles. The van der Waals surface area contributed by atoms with Crippen molar-refractivity contribution in [3.8, 4) is 23.0 Å². The van der Waals surface area contributed by atoms with Crippen molar-refractivity contribution in [1.82, 2.24) is 10.3 Å². The van der Waals surface area contributed by atoms with Crippen LogP contribution in [0.2, 0.25) is 0 Å². The van der Waals surface area contributed by atoms with Crippen LogP contribution in [-0.2, 0) is 6.54 Å². The number of ether oxygens (including phenoxy) is 2. The number of guanidine groups is 1. The lowest BCUT2D eigenvalue weighted by atomic mass is 10.2. The summed E-state index contributed by atoms with van der Waals surface area (Å²) >= 11 is 0. The largest absolute Gasteiger partial charge is 0.493 e. The molecule has 1 heterocycles. The molecule has 7 nitrogen and oxygen atoms in total. The highest BCUT2D eigenvalue weighted by molar-refractivity contribution is 14.0. The Bertz CT molecular complexity index is 945. The Morgan fingerprint density at radius 2 is 1.90 bits per heavy atom. The molecule has 8 heteroatoms. The van der Waals surface area contributed by atoms with E-state index in [1.54, 1.807) is 13.4 Å². The number of rotatable bonds is 8. The Hall–Kier alpha value is -2.75. The van der Waals surface area contributed by atoms with Gasteiger partial charge < -0.3 is 24.5 Å². The number of nitrogens with one attached hydrogen (secondary N) is 2. The third-order valence-corrected chi connectivity index (χ3v) is 4.04. The number of nitrogens with zero attached hydrogens (tertiary/aromatic N) is 2. The van der Waals surface area contributed by atoms with Gasteiger partial charge in [0, 0.05) is 23.9 Å². The van der Waals surface area contributed by atoms with Crippen molar-refractivity contribution in [2.24, 2.45) is 4.99 Å². The third-order valence-electron chi connectivity index (χ3n) is 4.04. The van der Waals surface area contributed by atoms with E-state index in [0.29, 0.717) is 36.5 Å². The van der Waals surface area contributed by atoms with E-state index >= 15 is 0 Å². The molecule has 2 aromatic carbocycles. The van der Waals surface area contributed by atoms with Crippen molar-refractivity contribution >= 4 is 35.6 Å². The summed E-state index contributed by atoms with van der Waals surface area (Å²) in [5, 5.41) is 6.50. The van der Waals surface area contributed by atoms with Crippen LogP contribution in [0.1, 0.15) is 19.5 Å². The number of methoxy groups -OCH3 is 1. The number of hydrogen-bond acceptors (Lipinski definition) is 5. The topological polar surface area (TPSA) is 80.9 Å². The van der Waals surface area contributed by atoms with E-state index in [1.165, 1.54) is 0 Å². The first-order valence-electron chi connectivity index (χ1n) is 9.59. The van der Waals surface area contributed by atoms with E-state index in [1.807, 2.05) is 62.4 Å². The highest BCUT2D eigenvalue weighted by Gasteiger charge is 2.09. The molecule has 160 valence electrons. The van der Waals surface area contributed by atoms with Crippen molar-refractivity contribution in [3.63, 3.8) is 0 Å². The number of aromatic nitrogens is 1. The van der Waals surface area contributed by atoms with E-state index in [2.05, 4.69) is 20.6 Å². The molecule has 0 radical (unpaired) electrons. The van der Waals surface area contributed by atoms with Crippen LogP contribution in [0.25, 0.3) is 11.5 Å². The molecule has 0 aliphatic carbocycles. The Morgan fingerprint density at radius 1 is 1.10 bits per heavy atom. The fourth-order valence-electron chi connectivity index (χ4n) is 2.72. The van der Waals surface area contributed by atoms with Crippen molar-refractivity contribution < 1.29 is 13.9 Å². The summed E-state index contributed by atoms with van der Waals surface area (Å²) in [5.41, 5.74) is 2.54. The number of hydrogen-bond donors (Lipinski definition) is 2.